The van der Waals surface area contributed by atoms with Gasteiger partial charge in [0.05, 0.1) is 30.6 Å². The third-order valence-electron chi connectivity index (χ3n) is 4.24. The summed E-state index contributed by atoms with van der Waals surface area (Å²) in [5.74, 6) is -0.596. The van der Waals surface area contributed by atoms with Gasteiger partial charge in [0.15, 0.2) is 0 Å². The molecule has 142 valence electrons. The first-order chi connectivity index (χ1) is 12.9. The first-order valence-corrected chi connectivity index (χ1v) is 8.55. The number of hydrogen-bond acceptors (Lipinski definition) is 5. The van der Waals surface area contributed by atoms with Crippen LogP contribution in [0.3, 0.4) is 0 Å². The molecule has 3 rings (SSSR count). The van der Waals surface area contributed by atoms with Crippen molar-refractivity contribution in [1.29, 1.82) is 0 Å². The molecule has 1 saturated heterocycles. The number of rotatable bonds is 4. The van der Waals surface area contributed by atoms with Crippen LogP contribution in [0.2, 0.25) is 5.15 Å². The quantitative estimate of drug-likeness (QED) is 0.588. The van der Waals surface area contributed by atoms with Crippen molar-refractivity contribution in [2.45, 2.75) is 25.4 Å². The molecule has 0 radical (unpaired) electrons. The standard InChI is InChI=1S/C18H17ClF2N4O2/c1-3-17(26)25-14(7-27-8-15(25)18(20)21)11-5-13(24-16(19)6-11)12-4-10(2)22-9-23-12/h3-6,9,14-15,18H,1,7-8H2,2H3/t14-,15-/m0/s1. The van der Waals surface area contributed by atoms with E-state index in [4.69, 9.17) is 16.3 Å². The maximum absolute atomic E-state index is 13.5. The summed E-state index contributed by atoms with van der Waals surface area (Å²) >= 11 is 6.15. The Morgan fingerprint density at radius 1 is 1.33 bits per heavy atom. The second kappa shape index (κ2) is 8.06. The first-order valence-electron chi connectivity index (χ1n) is 8.18. The maximum atomic E-state index is 13.5. The summed E-state index contributed by atoms with van der Waals surface area (Å²) in [6.07, 6.45) is -0.333. The van der Waals surface area contributed by atoms with Crippen molar-refractivity contribution >= 4 is 17.5 Å². The van der Waals surface area contributed by atoms with Crippen molar-refractivity contribution in [2.24, 2.45) is 0 Å². The van der Waals surface area contributed by atoms with Crippen molar-refractivity contribution in [3.8, 4) is 11.4 Å². The molecule has 1 aliphatic rings. The van der Waals surface area contributed by atoms with Gasteiger partial charge in [-0.05, 0) is 36.8 Å². The van der Waals surface area contributed by atoms with Gasteiger partial charge in [-0.15, -0.1) is 0 Å². The monoisotopic (exact) mass is 394 g/mol. The summed E-state index contributed by atoms with van der Waals surface area (Å²) in [6, 6.07) is 2.81. The number of alkyl halides is 2. The number of nitrogens with zero attached hydrogens (tertiary/aromatic N) is 4. The van der Waals surface area contributed by atoms with E-state index in [1.807, 2.05) is 6.92 Å². The molecule has 6 nitrogen and oxygen atoms in total. The van der Waals surface area contributed by atoms with Gasteiger partial charge < -0.3 is 9.64 Å². The van der Waals surface area contributed by atoms with Crippen LogP contribution >= 0.6 is 11.6 Å². The van der Waals surface area contributed by atoms with Crippen molar-refractivity contribution in [3.05, 3.63) is 53.6 Å². The topological polar surface area (TPSA) is 68.2 Å². The highest BCUT2D eigenvalue weighted by Crippen LogP contribution is 2.33. The zero-order valence-corrected chi connectivity index (χ0v) is 15.2. The minimum atomic E-state index is -2.75. The molecule has 0 aliphatic carbocycles. The second-order valence-electron chi connectivity index (χ2n) is 6.06. The van der Waals surface area contributed by atoms with Gasteiger partial charge in [0.2, 0.25) is 5.91 Å². The lowest BCUT2D eigenvalue weighted by Crippen LogP contribution is -2.53. The fourth-order valence-electron chi connectivity index (χ4n) is 3.00. The van der Waals surface area contributed by atoms with Crippen molar-refractivity contribution in [3.63, 3.8) is 0 Å². The van der Waals surface area contributed by atoms with Gasteiger partial charge in [0.1, 0.15) is 17.5 Å². The molecule has 3 heterocycles. The van der Waals surface area contributed by atoms with Gasteiger partial charge in [-0.1, -0.05) is 18.2 Å². The van der Waals surface area contributed by atoms with E-state index in [9.17, 15) is 13.6 Å². The summed E-state index contributed by atoms with van der Waals surface area (Å²) in [5.41, 5.74) is 2.26. The molecule has 0 spiro atoms. The Balaban J connectivity index is 2.05. The molecule has 2 aromatic rings. The maximum Gasteiger partial charge on any atom is 0.260 e. The van der Waals surface area contributed by atoms with Gasteiger partial charge >= 0.3 is 0 Å². The average molecular weight is 395 g/mol. The number of amides is 1. The molecule has 27 heavy (non-hydrogen) atoms. The number of aromatic nitrogens is 3. The molecular weight excluding hydrogens is 378 g/mol. The lowest BCUT2D eigenvalue weighted by atomic mass is 10.0. The smallest absolute Gasteiger partial charge is 0.260 e. The van der Waals surface area contributed by atoms with Crippen LogP contribution in [0.15, 0.2) is 37.2 Å². The Kier molecular flexibility index (Phi) is 5.76. The Morgan fingerprint density at radius 3 is 2.78 bits per heavy atom. The Hall–Kier alpha value is -2.45. The summed E-state index contributed by atoms with van der Waals surface area (Å²) in [7, 11) is 0. The van der Waals surface area contributed by atoms with Crippen molar-refractivity contribution in [2.75, 3.05) is 13.2 Å². The van der Waals surface area contributed by atoms with Gasteiger partial charge in [0, 0.05) is 5.69 Å². The highest BCUT2D eigenvalue weighted by molar-refractivity contribution is 6.29. The van der Waals surface area contributed by atoms with E-state index >= 15 is 0 Å². The zero-order chi connectivity index (χ0) is 19.6. The molecule has 1 amide bonds. The number of hydrogen-bond donors (Lipinski definition) is 0. The van der Waals surface area contributed by atoms with Crippen LogP contribution in [-0.2, 0) is 9.53 Å². The van der Waals surface area contributed by atoms with Crippen LogP contribution in [0.1, 0.15) is 17.3 Å². The van der Waals surface area contributed by atoms with E-state index in [0.29, 0.717) is 17.0 Å². The molecule has 0 bridgehead atoms. The molecule has 0 N–H and O–H groups in total. The zero-order valence-electron chi connectivity index (χ0n) is 14.5. The van der Waals surface area contributed by atoms with Crippen LogP contribution < -0.4 is 0 Å². The highest BCUT2D eigenvalue weighted by Gasteiger charge is 2.40. The summed E-state index contributed by atoms with van der Waals surface area (Å²) < 4.78 is 32.3. The normalized spacial score (nSPS) is 20.0. The van der Waals surface area contributed by atoms with E-state index in [1.54, 1.807) is 12.1 Å². The number of carbonyl (C=O) groups excluding carboxylic acids is 1. The number of halogens is 3. The third kappa shape index (κ3) is 4.12. The molecule has 0 aromatic carbocycles. The molecule has 2 atom stereocenters. The largest absolute Gasteiger partial charge is 0.377 e. The van der Waals surface area contributed by atoms with Crippen LogP contribution in [0, 0.1) is 6.92 Å². The average Bonchev–Trinajstić information content (AvgIpc) is 2.66. The van der Waals surface area contributed by atoms with Crippen molar-refractivity contribution in [1.82, 2.24) is 19.9 Å². The molecular formula is C18H17ClF2N4O2. The van der Waals surface area contributed by atoms with Gasteiger partial charge in [0.25, 0.3) is 6.43 Å². The summed E-state index contributed by atoms with van der Waals surface area (Å²) in [4.78, 5) is 25.9. The van der Waals surface area contributed by atoms with Gasteiger partial charge in [-0.25, -0.2) is 23.7 Å². The van der Waals surface area contributed by atoms with Crippen molar-refractivity contribution < 1.29 is 18.3 Å². The Bertz CT molecular complexity index is 865. The molecule has 1 aliphatic heterocycles. The fourth-order valence-corrected chi connectivity index (χ4v) is 3.22. The second-order valence-corrected chi connectivity index (χ2v) is 6.45. The number of carbonyl (C=O) groups is 1. The highest BCUT2D eigenvalue weighted by atomic mass is 35.5. The number of morpholine rings is 1. The molecule has 0 unspecified atom stereocenters. The third-order valence-corrected chi connectivity index (χ3v) is 4.44. The number of ether oxygens (including phenoxy) is 1. The van der Waals surface area contributed by atoms with E-state index < -0.39 is 24.4 Å². The van der Waals surface area contributed by atoms with Crippen LogP contribution in [0.5, 0.6) is 0 Å². The lowest BCUT2D eigenvalue weighted by Gasteiger charge is -2.41. The predicted molar refractivity (Wildman–Crippen MR) is 95.4 cm³/mol. The first kappa shape index (κ1) is 19.3. The van der Waals surface area contributed by atoms with Crippen LogP contribution in [0.4, 0.5) is 8.78 Å². The minimum Gasteiger partial charge on any atom is -0.377 e. The number of aryl methyl sites for hydroxylation is 1. The molecule has 2 aromatic heterocycles. The van der Waals surface area contributed by atoms with Gasteiger partial charge in [-0.3, -0.25) is 4.79 Å². The lowest BCUT2D eigenvalue weighted by molar-refractivity contribution is -0.151. The Labute approximate surface area is 159 Å². The van der Waals surface area contributed by atoms with E-state index in [0.717, 1.165) is 16.7 Å². The van der Waals surface area contributed by atoms with E-state index in [2.05, 4.69) is 21.5 Å². The van der Waals surface area contributed by atoms with Crippen LogP contribution in [-0.4, -0.2) is 51.4 Å². The SMILES string of the molecule is C=CC(=O)N1[C@H](c2cc(Cl)nc(-c3cc(C)ncn3)c2)COC[C@H]1C(F)F. The fraction of sp³-hybridized carbons (Fsp3) is 0.333. The molecule has 1 fully saturated rings. The Morgan fingerprint density at radius 2 is 2.11 bits per heavy atom. The minimum absolute atomic E-state index is 0.0609. The molecule has 0 saturated carbocycles. The number of pyridine rings is 1. The van der Waals surface area contributed by atoms with E-state index in [-0.39, 0.29) is 18.4 Å². The summed E-state index contributed by atoms with van der Waals surface area (Å²) in [5, 5.41) is 0.156. The molecule has 9 heteroatoms. The van der Waals surface area contributed by atoms with Crippen LogP contribution in [0.25, 0.3) is 11.4 Å². The van der Waals surface area contributed by atoms with E-state index in [1.165, 1.54) is 12.4 Å². The predicted octanol–water partition coefficient (Wildman–Crippen LogP) is 3.22. The summed E-state index contributed by atoms with van der Waals surface area (Å²) in [6.45, 7) is 5.04. The van der Waals surface area contributed by atoms with Gasteiger partial charge in [-0.2, -0.15) is 0 Å².